The van der Waals surface area contributed by atoms with Crippen molar-refractivity contribution in [1.82, 2.24) is 19.6 Å². The maximum absolute atomic E-state index is 14.6. The SMILES string of the molecule is Cc1cccc(-c2cc3c(n4cnnc24)NCc2c(F)ccc4c2CC(CO3)O4)n1. The van der Waals surface area contributed by atoms with Gasteiger partial charge >= 0.3 is 0 Å². The number of benzene rings is 1. The zero-order valence-corrected chi connectivity index (χ0v) is 16.2. The summed E-state index contributed by atoms with van der Waals surface area (Å²) >= 11 is 0. The Balaban J connectivity index is 1.52. The number of ether oxygens (including phenoxy) is 2. The second kappa shape index (κ2) is 6.41. The topological polar surface area (TPSA) is 73.6 Å². The molecule has 0 amide bonds. The highest BCUT2D eigenvalue weighted by molar-refractivity contribution is 5.80. The molecular formula is C22H18FN5O2. The first kappa shape index (κ1) is 17.2. The lowest BCUT2D eigenvalue weighted by Crippen LogP contribution is -2.24. The van der Waals surface area contributed by atoms with Gasteiger partial charge in [0, 0.05) is 35.3 Å². The second-order valence-corrected chi connectivity index (χ2v) is 7.57. The van der Waals surface area contributed by atoms with Crippen molar-refractivity contribution in [2.24, 2.45) is 0 Å². The van der Waals surface area contributed by atoms with Crippen molar-refractivity contribution in [3.8, 4) is 22.8 Å². The van der Waals surface area contributed by atoms with E-state index in [1.807, 2.05) is 35.6 Å². The smallest absolute Gasteiger partial charge is 0.171 e. The molecule has 0 fully saturated rings. The third kappa shape index (κ3) is 2.60. The highest BCUT2D eigenvalue weighted by Gasteiger charge is 2.30. The lowest BCUT2D eigenvalue weighted by atomic mass is 10.0. The van der Waals surface area contributed by atoms with Gasteiger partial charge in [-0.3, -0.25) is 9.38 Å². The zero-order chi connectivity index (χ0) is 20.2. The van der Waals surface area contributed by atoms with Gasteiger partial charge < -0.3 is 14.8 Å². The molecule has 1 aromatic carbocycles. The van der Waals surface area contributed by atoms with Crippen LogP contribution in [0.1, 0.15) is 16.8 Å². The molecule has 0 spiro atoms. The van der Waals surface area contributed by atoms with E-state index in [4.69, 9.17) is 9.47 Å². The average Bonchev–Trinajstić information content (AvgIpc) is 3.38. The van der Waals surface area contributed by atoms with Crippen LogP contribution in [0, 0.1) is 12.7 Å². The molecule has 8 heteroatoms. The number of rotatable bonds is 1. The van der Waals surface area contributed by atoms with Crippen molar-refractivity contribution in [2.45, 2.75) is 26.0 Å². The third-order valence-electron chi connectivity index (χ3n) is 5.62. The summed E-state index contributed by atoms with van der Waals surface area (Å²) in [5.74, 6) is 1.78. The first-order chi connectivity index (χ1) is 14.7. The van der Waals surface area contributed by atoms with Crippen LogP contribution in [-0.2, 0) is 13.0 Å². The molecule has 0 saturated heterocycles. The normalized spacial score (nSPS) is 17.1. The fraction of sp³-hybridized carbons (Fsp3) is 0.227. The molecule has 0 radical (unpaired) electrons. The lowest BCUT2D eigenvalue weighted by molar-refractivity contribution is 0.148. The summed E-state index contributed by atoms with van der Waals surface area (Å²) in [5.41, 5.74) is 4.68. The quantitative estimate of drug-likeness (QED) is 0.524. The van der Waals surface area contributed by atoms with E-state index in [0.717, 1.165) is 28.3 Å². The number of halogens is 1. The molecule has 5 heterocycles. The minimum atomic E-state index is -0.242. The number of aromatic nitrogens is 4. The van der Waals surface area contributed by atoms with Crippen LogP contribution in [0.4, 0.5) is 10.2 Å². The monoisotopic (exact) mass is 403 g/mol. The summed E-state index contributed by atoms with van der Waals surface area (Å²) in [6.07, 6.45) is 2.08. The highest BCUT2D eigenvalue weighted by Crippen LogP contribution is 2.38. The van der Waals surface area contributed by atoms with Crippen LogP contribution in [0.25, 0.3) is 16.9 Å². The van der Waals surface area contributed by atoms with Crippen LogP contribution in [0.2, 0.25) is 0 Å². The fourth-order valence-corrected chi connectivity index (χ4v) is 4.19. The van der Waals surface area contributed by atoms with Gasteiger partial charge in [-0.1, -0.05) is 6.07 Å². The summed E-state index contributed by atoms with van der Waals surface area (Å²) in [5, 5.41) is 11.7. The molecule has 1 N–H and O–H groups in total. The number of hydrogen-bond acceptors (Lipinski definition) is 6. The Hall–Kier alpha value is -3.68. The Morgan fingerprint density at radius 1 is 1.17 bits per heavy atom. The van der Waals surface area contributed by atoms with Crippen molar-refractivity contribution < 1.29 is 13.9 Å². The molecule has 2 aliphatic heterocycles. The molecule has 150 valence electrons. The molecule has 30 heavy (non-hydrogen) atoms. The standard InChI is InChI=1S/C22H18FN5O2/c1-12-3-2-4-18(26-12)15-8-20-22(28-11-25-27-21(15)28)24-9-16-14-7-13(10-29-20)30-19(14)6-5-17(16)23/h2-6,8,11,13,24H,7,9-10H2,1H3. The van der Waals surface area contributed by atoms with Gasteiger partial charge in [-0.2, -0.15) is 0 Å². The molecule has 1 atom stereocenters. The van der Waals surface area contributed by atoms with Crippen LogP contribution in [0.15, 0.2) is 42.7 Å². The maximum Gasteiger partial charge on any atom is 0.171 e. The molecule has 3 aromatic heterocycles. The third-order valence-corrected chi connectivity index (χ3v) is 5.62. The van der Waals surface area contributed by atoms with Crippen LogP contribution in [0.3, 0.4) is 0 Å². The fourth-order valence-electron chi connectivity index (χ4n) is 4.19. The van der Waals surface area contributed by atoms with Gasteiger partial charge in [0.25, 0.3) is 0 Å². The Bertz CT molecular complexity index is 1300. The van der Waals surface area contributed by atoms with Gasteiger partial charge in [-0.25, -0.2) is 4.39 Å². The Morgan fingerprint density at radius 3 is 3.00 bits per heavy atom. The molecule has 1 unspecified atom stereocenters. The van der Waals surface area contributed by atoms with E-state index >= 15 is 0 Å². The van der Waals surface area contributed by atoms with Crippen LogP contribution in [-0.4, -0.2) is 32.3 Å². The van der Waals surface area contributed by atoms with E-state index in [2.05, 4.69) is 20.5 Å². The molecule has 4 aromatic rings. The van der Waals surface area contributed by atoms with Gasteiger partial charge in [0.2, 0.25) is 0 Å². The van der Waals surface area contributed by atoms with Crippen molar-refractivity contribution in [1.29, 1.82) is 0 Å². The number of nitrogens with one attached hydrogen (secondary N) is 1. The zero-order valence-electron chi connectivity index (χ0n) is 16.2. The van der Waals surface area contributed by atoms with E-state index in [1.165, 1.54) is 6.07 Å². The minimum absolute atomic E-state index is 0.163. The first-order valence-electron chi connectivity index (χ1n) is 9.82. The van der Waals surface area contributed by atoms with Gasteiger partial charge in [0.1, 0.15) is 30.6 Å². The van der Waals surface area contributed by atoms with Crippen molar-refractivity contribution >= 4 is 11.5 Å². The number of hydrogen-bond donors (Lipinski definition) is 1. The summed E-state index contributed by atoms with van der Waals surface area (Å²) in [4.78, 5) is 4.64. The highest BCUT2D eigenvalue weighted by atomic mass is 19.1. The van der Waals surface area contributed by atoms with Crippen LogP contribution >= 0.6 is 0 Å². The molecule has 7 nitrogen and oxygen atoms in total. The van der Waals surface area contributed by atoms with E-state index in [9.17, 15) is 4.39 Å². The second-order valence-electron chi connectivity index (χ2n) is 7.57. The summed E-state index contributed by atoms with van der Waals surface area (Å²) < 4.78 is 28.6. The number of aryl methyl sites for hydroxylation is 1. The minimum Gasteiger partial charge on any atom is -0.486 e. The lowest BCUT2D eigenvalue weighted by Gasteiger charge is -2.20. The summed E-state index contributed by atoms with van der Waals surface area (Å²) in [7, 11) is 0. The van der Waals surface area contributed by atoms with Crippen molar-refractivity contribution in [2.75, 3.05) is 11.9 Å². The van der Waals surface area contributed by atoms with Crippen LogP contribution in [0.5, 0.6) is 11.5 Å². The van der Waals surface area contributed by atoms with Gasteiger partial charge in [-0.05, 0) is 37.3 Å². The average molecular weight is 403 g/mol. The van der Waals surface area contributed by atoms with E-state index in [-0.39, 0.29) is 11.9 Å². The summed E-state index contributed by atoms with van der Waals surface area (Å²) in [6.45, 7) is 2.59. The number of anilines is 1. The largest absolute Gasteiger partial charge is 0.486 e. The van der Waals surface area contributed by atoms with Crippen LogP contribution < -0.4 is 14.8 Å². The Labute approximate surface area is 171 Å². The van der Waals surface area contributed by atoms with Gasteiger partial charge in [-0.15, -0.1) is 10.2 Å². The van der Waals surface area contributed by atoms with Gasteiger partial charge in [0.05, 0.1) is 5.69 Å². The van der Waals surface area contributed by atoms with Crippen molar-refractivity contribution in [3.05, 3.63) is 65.4 Å². The van der Waals surface area contributed by atoms with E-state index < -0.39 is 0 Å². The molecule has 0 saturated carbocycles. The van der Waals surface area contributed by atoms with E-state index in [0.29, 0.717) is 42.4 Å². The Morgan fingerprint density at radius 2 is 2.10 bits per heavy atom. The predicted octanol–water partition coefficient (Wildman–Crippen LogP) is 3.55. The molecular weight excluding hydrogens is 385 g/mol. The van der Waals surface area contributed by atoms with Gasteiger partial charge in [0.15, 0.2) is 17.2 Å². The predicted molar refractivity (Wildman–Crippen MR) is 108 cm³/mol. The van der Waals surface area contributed by atoms with Crippen molar-refractivity contribution in [3.63, 3.8) is 0 Å². The maximum atomic E-state index is 14.6. The number of fused-ring (bicyclic) bond motifs is 4. The number of pyridine rings is 2. The molecule has 2 aliphatic rings. The summed E-state index contributed by atoms with van der Waals surface area (Å²) in [6, 6.07) is 10.9. The number of nitrogens with zero attached hydrogens (tertiary/aromatic N) is 4. The molecule has 6 rings (SSSR count). The van der Waals surface area contributed by atoms with E-state index in [1.54, 1.807) is 12.4 Å². The molecule has 2 bridgehead atoms. The first-order valence-corrected chi connectivity index (χ1v) is 9.82. The molecule has 0 aliphatic carbocycles. The Kier molecular flexibility index (Phi) is 3.68.